The van der Waals surface area contributed by atoms with Crippen LogP contribution in [0.5, 0.6) is 5.75 Å². The minimum atomic E-state index is -0.506. The number of benzene rings is 1. The molecule has 1 N–H and O–H groups in total. The predicted molar refractivity (Wildman–Crippen MR) is 114 cm³/mol. The second-order valence-electron chi connectivity index (χ2n) is 6.94. The van der Waals surface area contributed by atoms with Crippen molar-refractivity contribution in [2.75, 3.05) is 13.7 Å². The Morgan fingerprint density at radius 2 is 2.07 bits per heavy atom. The van der Waals surface area contributed by atoms with Gasteiger partial charge in [0.1, 0.15) is 11.5 Å². The maximum Gasteiger partial charge on any atom is 0.346 e. The number of ether oxygens (including phenoxy) is 2. The van der Waals surface area contributed by atoms with E-state index in [1.54, 1.807) is 12.1 Å². The fraction of sp³-hybridized carbons (Fsp3) is 0.391. The van der Waals surface area contributed by atoms with Crippen LogP contribution in [0, 0.1) is 6.92 Å². The summed E-state index contributed by atoms with van der Waals surface area (Å²) in [6.45, 7) is 7.75. The number of rotatable bonds is 3. The van der Waals surface area contributed by atoms with Crippen molar-refractivity contribution in [3.05, 3.63) is 59.7 Å². The molecule has 1 heterocycles. The van der Waals surface area contributed by atoms with Gasteiger partial charge in [0.15, 0.2) is 0 Å². The molecule has 1 atom stereocenters. The number of allylic oxidation sites excluding steroid dienone is 3. The molecule has 0 aliphatic carbocycles. The van der Waals surface area contributed by atoms with Gasteiger partial charge in [0, 0.05) is 18.4 Å². The van der Waals surface area contributed by atoms with E-state index in [0.717, 1.165) is 36.0 Å². The first-order valence-corrected chi connectivity index (χ1v) is 9.66. The van der Waals surface area contributed by atoms with E-state index in [-0.39, 0.29) is 18.5 Å². The molecule has 2 rings (SSSR count). The van der Waals surface area contributed by atoms with Crippen molar-refractivity contribution in [2.24, 2.45) is 5.16 Å². The van der Waals surface area contributed by atoms with E-state index in [9.17, 15) is 9.90 Å². The Bertz CT molecular complexity index is 823. The van der Waals surface area contributed by atoms with Crippen molar-refractivity contribution in [3.63, 3.8) is 0 Å². The third kappa shape index (κ3) is 7.14. The lowest BCUT2D eigenvalue weighted by molar-refractivity contribution is -0.145. The van der Waals surface area contributed by atoms with Gasteiger partial charge in [-0.25, -0.2) is 4.79 Å². The molecule has 0 bridgehead atoms. The summed E-state index contributed by atoms with van der Waals surface area (Å²) in [5.41, 5.74) is 3.13. The first-order valence-electron chi connectivity index (χ1n) is 9.66. The van der Waals surface area contributed by atoms with Crippen LogP contribution in [-0.4, -0.2) is 36.6 Å². The Morgan fingerprint density at radius 1 is 1.31 bits per heavy atom. The molecule has 1 unspecified atom stereocenters. The van der Waals surface area contributed by atoms with Crippen LogP contribution >= 0.6 is 0 Å². The van der Waals surface area contributed by atoms with Crippen molar-refractivity contribution >= 4 is 17.4 Å². The van der Waals surface area contributed by atoms with Gasteiger partial charge in [0.2, 0.25) is 6.61 Å². The second kappa shape index (κ2) is 11.1. The number of aryl methyl sites for hydroxylation is 1. The Balaban J connectivity index is 2.40. The largest absolute Gasteiger partial charge is 0.508 e. The third-order valence-corrected chi connectivity index (χ3v) is 4.43. The van der Waals surface area contributed by atoms with E-state index >= 15 is 0 Å². The van der Waals surface area contributed by atoms with Crippen molar-refractivity contribution in [1.29, 1.82) is 0 Å². The van der Waals surface area contributed by atoms with E-state index in [1.165, 1.54) is 7.11 Å². The average molecular weight is 399 g/mol. The zero-order valence-electron chi connectivity index (χ0n) is 17.3. The maximum atomic E-state index is 11.3. The minimum Gasteiger partial charge on any atom is -0.508 e. The van der Waals surface area contributed by atoms with Crippen LogP contribution in [0.25, 0.3) is 5.76 Å². The molecule has 0 saturated carbocycles. The lowest BCUT2D eigenvalue weighted by Crippen LogP contribution is -2.12. The van der Waals surface area contributed by atoms with Crippen LogP contribution in [0.2, 0.25) is 0 Å². The summed E-state index contributed by atoms with van der Waals surface area (Å²) in [5.74, 6) is 0.202. The van der Waals surface area contributed by atoms with E-state index < -0.39 is 5.97 Å². The van der Waals surface area contributed by atoms with Gasteiger partial charge < -0.3 is 19.4 Å². The standard InChI is InChI=1S/C23H29NO5/c1-16-12-21(25)14-19-13-20(24-28-15-22(26)27-4)11-9-7-5-6-8-10-17(2)29-18(3)23(16)19/h6,8-9,11-12,14,17,25H,3,5,7,10,13,15H2,1-2,4H3/b8-6+,11-9+,24-20+. The van der Waals surface area contributed by atoms with Gasteiger partial charge in [-0.2, -0.15) is 0 Å². The molecule has 0 amide bonds. The summed E-state index contributed by atoms with van der Waals surface area (Å²) in [6.07, 6.45) is 11.0. The number of carbonyl (C=O) groups excluding carboxylic acids is 1. The lowest BCUT2D eigenvalue weighted by atomic mass is 9.95. The van der Waals surface area contributed by atoms with E-state index in [0.29, 0.717) is 17.9 Å². The van der Waals surface area contributed by atoms with Crippen LogP contribution < -0.4 is 0 Å². The number of esters is 1. The molecule has 156 valence electrons. The number of oxime groups is 1. The Hall–Kier alpha value is -3.02. The molecule has 1 aliphatic rings. The highest BCUT2D eigenvalue weighted by molar-refractivity contribution is 5.97. The topological polar surface area (TPSA) is 77.4 Å². The zero-order valence-corrected chi connectivity index (χ0v) is 17.3. The third-order valence-electron chi connectivity index (χ3n) is 4.43. The Labute approximate surface area is 172 Å². The quantitative estimate of drug-likeness (QED) is 0.461. The number of hydrogen-bond acceptors (Lipinski definition) is 6. The van der Waals surface area contributed by atoms with Crippen LogP contribution in [0.4, 0.5) is 0 Å². The molecule has 6 nitrogen and oxygen atoms in total. The van der Waals surface area contributed by atoms with Gasteiger partial charge in [-0.15, -0.1) is 0 Å². The molecule has 29 heavy (non-hydrogen) atoms. The highest BCUT2D eigenvalue weighted by Gasteiger charge is 2.16. The summed E-state index contributed by atoms with van der Waals surface area (Å²) in [6, 6.07) is 3.36. The number of methoxy groups -OCH3 is 1. The van der Waals surface area contributed by atoms with Gasteiger partial charge in [0.25, 0.3) is 0 Å². The molecule has 6 heteroatoms. The monoisotopic (exact) mass is 399 g/mol. The van der Waals surface area contributed by atoms with E-state index in [4.69, 9.17) is 9.57 Å². The fourth-order valence-corrected chi connectivity index (χ4v) is 3.09. The van der Waals surface area contributed by atoms with Gasteiger partial charge in [-0.1, -0.05) is 30.0 Å². The number of phenolic OH excluding ortho intramolecular Hbond substituents is 1. The van der Waals surface area contributed by atoms with Crippen LogP contribution in [0.15, 0.2) is 48.2 Å². The van der Waals surface area contributed by atoms with Gasteiger partial charge in [-0.3, -0.25) is 0 Å². The average Bonchev–Trinajstić information content (AvgIpc) is 2.65. The zero-order chi connectivity index (χ0) is 21.2. The smallest absolute Gasteiger partial charge is 0.346 e. The second-order valence-corrected chi connectivity index (χ2v) is 6.94. The fourth-order valence-electron chi connectivity index (χ4n) is 3.09. The Morgan fingerprint density at radius 3 is 2.83 bits per heavy atom. The van der Waals surface area contributed by atoms with Crippen molar-refractivity contribution in [1.82, 2.24) is 0 Å². The normalized spacial score (nSPS) is 21.4. The molecule has 1 aromatic carbocycles. The van der Waals surface area contributed by atoms with Crippen molar-refractivity contribution < 1.29 is 24.2 Å². The summed E-state index contributed by atoms with van der Waals surface area (Å²) in [4.78, 5) is 16.4. The molecular weight excluding hydrogens is 370 g/mol. The molecule has 0 saturated heterocycles. The molecule has 0 spiro atoms. The number of phenols is 1. The lowest BCUT2D eigenvalue weighted by Gasteiger charge is -2.20. The maximum absolute atomic E-state index is 11.3. The first kappa shape index (κ1) is 22.3. The van der Waals surface area contributed by atoms with Gasteiger partial charge in [0.05, 0.1) is 18.9 Å². The van der Waals surface area contributed by atoms with E-state index in [2.05, 4.69) is 28.6 Å². The molecule has 1 aromatic rings. The molecule has 0 aromatic heterocycles. The number of fused-ring (bicyclic) bond motifs is 1. The van der Waals surface area contributed by atoms with Gasteiger partial charge >= 0.3 is 5.97 Å². The summed E-state index contributed by atoms with van der Waals surface area (Å²) < 4.78 is 10.6. The predicted octanol–water partition coefficient (Wildman–Crippen LogP) is 4.46. The highest BCUT2D eigenvalue weighted by Crippen LogP contribution is 2.29. The van der Waals surface area contributed by atoms with Gasteiger partial charge in [-0.05, 0) is 56.0 Å². The summed E-state index contributed by atoms with van der Waals surface area (Å²) in [5, 5.41) is 14.2. The number of carbonyl (C=O) groups is 1. The number of hydrogen-bond donors (Lipinski definition) is 1. The molecule has 0 fully saturated rings. The highest BCUT2D eigenvalue weighted by atomic mass is 16.6. The molecule has 0 radical (unpaired) electrons. The van der Waals surface area contributed by atoms with Crippen LogP contribution in [-0.2, 0) is 25.5 Å². The number of aromatic hydroxyl groups is 1. The molecule has 1 aliphatic heterocycles. The van der Waals surface area contributed by atoms with Crippen molar-refractivity contribution in [2.45, 2.75) is 45.6 Å². The van der Waals surface area contributed by atoms with Crippen LogP contribution in [0.3, 0.4) is 0 Å². The van der Waals surface area contributed by atoms with Crippen molar-refractivity contribution in [3.8, 4) is 5.75 Å². The summed E-state index contributed by atoms with van der Waals surface area (Å²) in [7, 11) is 1.29. The SMILES string of the molecule is C=C1OC(C)C/C=C/CC/C=C/C(=N\OCC(=O)OC)Cc2cc(O)cc(C)c21. The molecular formula is C23H29NO5. The minimum absolute atomic E-state index is 0.0187. The Kier molecular flexibility index (Phi) is 8.52. The van der Waals surface area contributed by atoms with Crippen LogP contribution in [0.1, 0.15) is 42.9 Å². The number of nitrogens with zero attached hydrogens (tertiary/aromatic N) is 1. The summed E-state index contributed by atoms with van der Waals surface area (Å²) >= 11 is 0. The van der Waals surface area contributed by atoms with E-state index in [1.807, 2.05) is 26.0 Å². The first-order chi connectivity index (χ1) is 13.9.